The number of nitrogens with one attached hydrogen (secondary N) is 1. The zero-order valence-corrected chi connectivity index (χ0v) is 11.5. The van der Waals surface area contributed by atoms with Crippen LogP contribution in [-0.2, 0) is 11.3 Å². The Balaban J connectivity index is 1.93. The van der Waals surface area contributed by atoms with Gasteiger partial charge in [-0.05, 0) is 30.9 Å². The molecular weight excluding hydrogens is 262 g/mol. The fraction of sp³-hybridized carbons (Fsp3) is 0.533. The summed E-state index contributed by atoms with van der Waals surface area (Å²) in [7, 11) is 0. The molecule has 1 aliphatic heterocycles. The monoisotopic (exact) mass is 280 g/mol. The van der Waals surface area contributed by atoms with Crippen molar-refractivity contribution in [3.63, 3.8) is 0 Å². The smallest absolute Gasteiger partial charge is 0.131 e. The normalized spacial score (nSPS) is 21.9. The van der Waals surface area contributed by atoms with Crippen LogP contribution >= 0.6 is 0 Å². The molecule has 2 atom stereocenters. The van der Waals surface area contributed by atoms with E-state index < -0.39 is 11.6 Å². The van der Waals surface area contributed by atoms with Gasteiger partial charge in [0, 0.05) is 25.3 Å². The average Bonchev–Trinajstić information content (AvgIpc) is 2.89. The first-order chi connectivity index (χ1) is 9.65. The maximum absolute atomic E-state index is 13.7. The van der Waals surface area contributed by atoms with E-state index in [1.165, 1.54) is 0 Å². The molecule has 3 nitrogen and oxygen atoms in total. The van der Waals surface area contributed by atoms with E-state index in [9.17, 15) is 8.78 Å². The molecule has 2 rings (SSSR count). The van der Waals surface area contributed by atoms with Gasteiger partial charge in [0.1, 0.15) is 11.6 Å². The van der Waals surface area contributed by atoms with Crippen LogP contribution in [0.3, 0.4) is 0 Å². The third-order valence-corrected chi connectivity index (χ3v) is 3.73. The van der Waals surface area contributed by atoms with Gasteiger partial charge >= 0.3 is 0 Å². The molecule has 1 N–H and O–H groups in total. The van der Waals surface area contributed by atoms with Crippen molar-refractivity contribution in [3.8, 4) is 6.07 Å². The van der Waals surface area contributed by atoms with E-state index in [2.05, 4.69) is 12.2 Å². The third-order valence-electron chi connectivity index (χ3n) is 3.73. The van der Waals surface area contributed by atoms with Crippen LogP contribution in [-0.4, -0.2) is 19.3 Å². The number of nitrogens with zero attached hydrogens (tertiary/aromatic N) is 1. The zero-order chi connectivity index (χ0) is 14.5. The van der Waals surface area contributed by atoms with Crippen molar-refractivity contribution in [2.24, 2.45) is 5.92 Å². The maximum Gasteiger partial charge on any atom is 0.131 e. The van der Waals surface area contributed by atoms with Crippen LogP contribution in [0.15, 0.2) is 12.1 Å². The van der Waals surface area contributed by atoms with Crippen molar-refractivity contribution in [1.29, 1.82) is 5.26 Å². The second kappa shape index (κ2) is 6.78. The van der Waals surface area contributed by atoms with E-state index in [-0.39, 0.29) is 23.8 Å². The Labute approximate surface area is 117 Å². The fourth-order valence-corrected chi connectivity index (χ4v) is 2.60. The van der Waals surface area contributed by atoms with Crippen LogP contribution in [0.5, 0.6) is 0 Å². The minimum atomic E-state index is -0.677. The molecule has 2 unspecified atom stereocenters. The number of halogens is 2. The van der Waals surface area contributed by atoms with Crippen molar-refractivity contribution >= 4 is 0 Å². The van der Waals surface area contributed by atoms with Gasteiger partial charge in [-0.25, -0.2) is 8.78 Å². The van der Waals surface area contributed by atoms with E-state index in [1.807, 2.05) is 0 Å². The Hall–Kier alpha value is -1.51. The Morgan fingerprint density at radius 3 is 2.70 bits per heavy atom. The zero-order valence-electron chi connectivity index (χ0n) is 11.5. The van der Waals surface area contributed by atoms with Gasteiger partial charge < -0.3 is 10.1 Å². The lowest BCUT2D eigenvalue weighted by molar-refractivity contribution is 0.0872. The number of benzene rings is 1. The molecule has 1 aromatic carbocycles. The molecule has 0 amide bonds. The summed E-state index contributed by atoms with van der Waals surface area (Å²) in [5.41, 5.74) is -0.0186. The summed E-state index contributed by atoms with van der Waals surface area (Å²) < 4.78 is 32.9. The summed E-state index contributed by atoms with van der Waals surface area (Å²) in [6, 6.07) is 3.86. The van der Waals surface area contributed by atoms with Gasteiger partial charge in [-0.15, -0.1) is 0 Å². The van der Waals surface area contributed by atoms with Gasteiger partial charge in [0.05, 0.1) is 17.7 Å². The molecular formula is C15H18F2N2O. The first-order valence-electron chi connectivity index (χ1n) is 6.86. The van der Waals surface area contributed by atoms with Crippen molar-refractivity contribution in [3.05, 3.63) is 34.9 Å². The number of hydrogen-bond acceptors (Lipinski definition) is 3. The summed E-state index contributed by atoms with van der Waals surface area (Å²) in [6.07, 6.45) is 2.16. The molecule has 5 heteroatoms. The molecule has 0 radical (unpaired) electrons. The molecule has 1 aliphatic rings. The molecule has 1 heterocycles. The average molecular weight is 280 g/mol. The van der Waals surface area contributed by atoms with E-state index in [1.54, 1.807) is 6.07 Å². The van der Waals surface area contributed by atoms with Gasteiger partial charge in [-0.2, -0.15) is 5.26 Å². The van der Waals surface area contributed by atoms with Crippen molar-refractivity contribution in [2.45, 2.75) is 32.4 Å². The Bertz CT molecular complexity index is 490. The van der Waals surface area contributed by atoms with E-state index in [4.69, 9.17) is 10.00 Å². The molecule has 20 heavy (non-hydrogen) atoms. The number of rotatable bonds is 5. The Morgan fingerprint density at radius 2 is 2.10 bits per heavy atom. The standard InChI is InChI=1S/C15H18F2N2O/c1-2-15-11(3-4-20-15)8-19-9-12-13(16)5-10(7-18)6-14(12)17/h5-6,11,15,19H,2-4,8-9H2,1H3. The third kappa shape index (κ3) is 3.33. The first kappa shape index (κ1) is 14.9. The van der Waals surface area contributed by atoms with Gasteiger partial charge in [-0.1, -0.05) is 6.92 Å². The molecule has 0 aromatic heterocycles. The molecule has 108 valence electrons. The second-order valence-electron chi connectivity index (χ2n) is 5.03. The summed E-state index contributed by atoms with van der Waals surface area (Å²) >= 11 is 0. The molecule has 0 spiro atoms. The van der Waals surface area contributed by atoms with E-state index in [0.29, 0.717) is 12.5 Å². The fourth-order valence-electron chi connectivity index (χ4n) is 2.60. The predicted molar refractivity (Wildman–Crippen MR) is 70.9 cm³/mol. The van der Waals surface area contributed by atoms with Crippen molar-refractivity contribution in [2.75, 3.05) is 13.2 Å². The van der Waals surface area contributed by atoms with Crippen molar-refractivity contribution < 1.29 is 13.5 Å². The van der Waals surface area contributed by atoms with Crippen LogP contribution in [0, 0.1) is 28.9 Å². The molecule has 0 saturated carbocycles. The largest absolute Gasteiger partial charge is 0.378 e. The number of hydrogen-bond donors (Lipinski definition) is 1. The van der Waals surface area contributed by atoms with Crippen molar-refractivity contribution in [1.82, 2.24) is 5.32 Å². The van der Waals surface area contributed by atoms with Crippen LogP contribution in [0.4, 0.5) is 8.78 Å². The Morgan fingerprint density at radius 1 is 1.40 bits per heavy atom. The highest BCUT2D eigenvalue weighted by molar-refractivity contribution is 5.34. The second-order valence-corrected chi connectivity index (χ2v) is 5.03. The van der Waals surface area contributed by atoms with Gasteiger partial charge in [0.15, 0.2) is 0 Å². The van der Waals surface area contributed by atoms with E-state index in [0.717, 1.165) is 31.6 Å². The van der Waals surface area contributed by atoms with Crippen LogP contribution in [0.25, 0.3) is 0 Å². The van der Waals surface area contributed by atoms with Gasteiger partial charge in [0.25, 0.3) is 0 Å². The molecule has 1 saturated heterocycles. The molecule has 1 aromatic rings. The highest BCUT2D eigenvalue weighted by Gasteiger charge is 2.26. The summed E-state index contributed by atoms with van der Waals surface area (Å²) in [4.78, 5) is 0. The van der Waals surface area contributed by atoms with Crippen LogP contribution < -0.4 is 5.32 Å². The summed E-state index contributed by atoms with van der Waals surface area (Å²) in [6.45, 7) is 3.63. The van der Waals surface area contributed by atoms with Gasteiger partial charge in [-0.3, -0.25) is 0 Å². The van der Waals surface area contributed by atoms with Crippen LogP contribution in [0.2, 0.25) is 0 Å². The molecule has 0 aliphatic carbocycles. The summed E-state index contributed by atoms with van der Waals surface area (Å²) in [5.74, 6) is -0.961. The maximum atomic E-state index is 13.7. The van der Waals surface area contributed by atoms with E-state index >= 15 is 0 Å². The highest BCUT2D eigenvalue weighted by atomic mass is 19.1. The minimum Gasteiger partial charge on any atom is -0.378 e. The molecule has 0 bridgehead atoms. The predicted octanol–water partition coefficient (Wildman–Crippen LogP) is 2.74. The highest BCUT2D eigenvalue weighted by Crippen LogP contribution is 2.23. The van der Waals surface area contributed by atoms with Gasteiger partial charge in [0.2, 0.25) is 0 Å². The molecule has 1 fully saturated rings. The lowest BCUT2D eigenvalue weighted by Crippen LogP contribution is -2.28. The number of nitriles is 1. The SMILES string of the molecule is CCC1OCCC1CNCc1c(F)cc(C#N)cc1F. The lowest BCUT2D eigenvalue weighted by Gasteiger charge is -2.17. The number of ether oxygens (including phenoxy) is 1. The Kier molecular flexibility index (Phi) is 5.05. The summed E-state index contributed by atoms with van der Waals surface area (Å²) in [5, 5.41) is 11.7. The first-order valence-corrected chi connectivity index (χ1v) is 6.86. The quantitative estimate of drug-likeness (QED) is 0.902. The lowest BCUT2D eigenvalue weighted by atomic mass is 9.99. The minimum absolute atomic E-state index is 0.000935. The topological polar surface area (TPSA) is 45.0 Å². The van der Waals surface area contributed by atoms with Crippen LogP contribution in [0.1, 0.15) is 30.9 Å².